The summed E-state index contributed by atoms with van der Waals surface area (Å²) in [5.41, 5.74) is 1.41. The van der Waals surface area contributed by atoms with Crippen LogP contribution >= 0.6 is 0 Å². The van der Waals surface area contributed by atoms with Crippen LogP contribution in [0.15, 0.2) is 29.4 Å². The molecule has 0 saturated carbocycles. The molecule has 0 aromatic heterocycles. The maximum absolute atomic E-state index is 10.7. The summed E-state index contributed by atoms with van der Waals surface area (Å²) in [6, 6.07) is 8.91. The molecular weight excluding hydrogens is 220 g/mol. The number of benzene rings is 1. The summed E-state index contributed by atoms with van der Waals surface area (Å²) < 4.78 is 4.44. The molecule has 0 atom stereocenters. The van der Waals surface area contributed by atoms with Gasteiger partial charge in [0.05, 0.1) is 31.4 Å². The molecule has 0 saturated heterocycles. The van der Waals surface area contributed by atoms with E-state index in [1.54, 1.807) is 24.3 Å². The van der Waals surface area contributed by atoms with Crippen molar-refractivity contribution in [2.45, 2.75) is 6.42 Å². The zero-order chi connectivity index (χ0) is 12.5. The van der Waals surface area contributed by atoms with Gasteiger partial charge >= 0.3 is 5.97 Å². The number of carbonyl (C=O) groups is 1. The summed E-state index contributed by atoms with van der Waals surface area (Å²) in [6.07, 6.45) is 1.68. The van der Waals surface area contributed by atoms with Crippen LogP contribution in [0.25, 0.3) is 0 Å². The Morgan fingerprint density at radius 2 is 2.18 bits per heavy atom. The molecule has 88 valence electrons. The maximum Gasteiger partial charge on any atom is 0.309 e. The first-order chi connectivity index (χ1) is 8.26. The van der Waals surface area contributed by atoms with Crippen LogP contribution in [0.4, 0.5) is 0 Å². The molecule has 17 heavy (non-hydrogen) atoms. The van der Waals surface area contributed by atoms with Crippen molar-refractivity contribution in [3.63, 3.8) is 0 Å². The van der Waals surface area contributed by atoms with Crippen molar-refractivity contribution in [2.24, 2.45) is 5.16 Å². The summed E-state index contributed by atoms with van der Waals surface area (Å²) in [5.74, 6) is -0.335. The first kappa shape index (κ1) is 12.7. The van der Waals surface area contributed by atoms with Crippen molar-refractivity contribution in [3.05, 3.63) is 35.4 Å². The Morgan fingerprint density at radius 1 is 1.47 bits per heavy atom. The van der Waals surface area contributed by atoms with Crippen LogP contribution in [0.5, 0.6) is 0 Å². The number of carbonyl (C=O) groups excluding carboxylic acids is 1. The number of hydrogen-bond acceptors (Lipinski definition) is 5. The lowest BCUT2D eigenvalue weighted by Crippen LogP contribution is -2.03. The van der Waals surface area contributed by atoms with Gasteiger partial charge in [-0.1, -0.05) is 17.3 Å². The lowest BCUT2D eigenvalue weighted by atomic mass is 10.2. The van der Waals surface area contributed by atoms with Gasteiger partial charge in [-0.05, 0) is 17.7 Å². The first-order valence-electron chi connectivity index (χ1n) is 4.98. The Bertz CT molecular complexity index is 432. The number of esters is 1. The van der Waals surface area contributed by atoms with Crippen LogP contribution < -0.4 is 0 Å². The highest BCUT2D eigenvalue weighted by molar-refractivity contribution is 5.79. The van der Waals surface area contributed by atoms with Gasteiger partial charge in [0.1, 0.15) is 6.61 Å². The van der Waals surface area contributed by atoms with Crippen molar-refractivity contribution >= 4 is 12.2 Å². The molecule has 0 amide bonds. The molecule has 0 aliphatic heterocycles. The van der Waals surface area contributed by atoms with Gasteiger partial charge in [-0.15, -0.1) is 0 Å². The van der Waals surface area contributed by atoms with Crippen LogP contribution in [0.1, 0.15) is 17.5 Å². The second kappa shape index (κ2) is 7.01. The Labute approximate surface area is 99.3 Å². The quantitative estimate of drug-likeness (QED) is 0.333. The number of hydrogen-bond donors (Lipinski definition) is 0. The number of methoxy groups -OCH3 is 1. The predicted octanol–water partition coefficient (Wildman–Crippen LogP) is 1.47. The van der Waals surface area contributed by atoms with Crippen LogP contribution in [0.2, 0.25) is 0 Å². The van der Waals surface area contributed by atoms with E-state index in [0.717, 1.165) is 5.56 Å². The number of ether oxygens (including phenoxy) is 1. The molecule has 0 spiro atoms. The molecule has 0 radical (unpaired) electrons. The van der Waals surface area contributed by atoms with Crippen LogP contribution in [0, 0.1) is 11.3 Å². The molecular formula is C12H12N2O3. The molecule has 0 fully saturated rings. The van der Waals surface area contributed by atoms with E-state index in [2.05, 4.69) is 9.89 Å². The van der Waals surface area contributed by atoms with E-state index in [1.807, 2.05) is 6.07 Å². The zero-order valence-corrected chi connectivity index (χ0v) is 9.42. The summed E-state index contributed by atoms with van der Waals surface area (Å²) in [4.78, 5) is 15.6. The fourth-order valence-electron chi connectivity index (χ4n) is 1.03. The minimum Gasteiger partial charge on any atom is -0.469 e. The maximum atomic E-state index is 10.7. The van der Waals surface area contributed by atoms with E-state index in [9.17, 15) is 4.79 Å². The number of nitrogens with zero attached hydrogens (tertiary/aromatic N) is 2. The van der Waals surface area contributed by atoms with Gasteiger partial charge in [-0.25, -0.2) is 0 Å². The van der Waals surface area contributed by atoms with Crippen LogP contribution in [0.3, 0.4) is 0 Å². The lowest BCUT2D eigenvalue weighted by Gasteiger charge is -1.98. The fraction of sp³-hybridized carbons (Fsp3) is 0.250. The summed E-state index contributed by atoms with van der Waals surface area (Å²) in [7, 11) is 1.32. The normalized spacial score (nSPS) is 9.88. The smallest absolute Gasteiger partial charge is 0.309 e. The largest absolute Gasteiger partial charge is 0.469 e. The Morgan fingerprint density at radius 3 is 2.76 bits per heavy atom. The lowest BCUT2D eigenvalue weighted by molar-refractivity contribution is -0.141. The van der Waals surface area contributed by atoms with E-state index < -0.39 is 0 Å². The SMILES string of the molecule is COC(=O)CCO/N=C/c1ccc(C#N)cc1. The Kier molecular flexibility index (Phi) is 5.25. The van der Waals surface area contributed by atoms with Gasteiger partial charge in [0.2, 0.25) is 0 Å². The average molecular weight is 232 g/mol. The van der Waals surface area contributed by atoms with Gasteiger partial charge in [-0.2, -0.15) is 5.26 Å². The van der Waals surface area contributed by atoms with Gasteiger partial charge in [-0.3, -0.25) is 4.79 Å². The fourth-order valence-corrected chi connectivity index (χ4v) is 1.03. The van der Waals surface area contributed by atoms with Gasteiger partial charge in [0.25, 0.3) is 0 Å². The molecule has 5 heteroatoms. The second-order valence-electron chi connectivity index (χ2n) is 3.13. The van der Waals surface area contributed by atoms with Crippen LogP contribution in [-0.4, -0.2) is 25.9 Å². The molecule has 1 aromatic carbocycles. The molecule has 0 aliphatic carbocycles. The van der Waals surface area contributed by atoms with Crippen molar-refractivity contribution in [2.75, 3.05) is 13.7 Å². The zero-order valence-electron chi connectivity index (χ0n) is 9.42. The highest BCUT2D eigenvalue weighted by atomic mass is 16.6. The van der Waals surface area contributed by atoms with Crippen molar-refractivity contribution in [1.82, 2.24) is 0 Å². The van der Waals surface area contributed by atoms with E-state index in [1.165, 1.54) is 13.3 Å². The minimum atomic E-state index is -0.335. The van der Waals surface area contributed by atoms with E-state index in [0.29, 0.717) is 5.56 Å². The minimum absolute atomic E-state index is 0.168. The topological polar surface area (TPSA) is 71.7 Å². The third-order valence-electron chi connectivity index (χ3n) is 1.94. The van der Waals surface area contributed by atoms with Crippen molar-refractivity contribution in [3.8, 4) is 6.07 Å². The first-order valence-corrected chi connectivity index (χ1v) is 4.98. The Hall–Kier alpha value is -2.35. The predicted molar refractivity (Wildman–Crippen MR) is 61.3 cm³/mol. The van der Waals surface area contributed by atoms with Gasteiger partial charge in [0, 0.05) is 0 Å². The molecule has 1 rings (SSSR count). The second-order valence-corrected chi connectivity index (χ2v) is 3.13. The summed E-state index contributed by atoms with van der Waals surface area (Å²) >= 11 is 0. The average Bonchev–Trinajstić information content (AvgIpc) is 2.38. The summed E-state index contributed by atoms with van der Waals surface area (Å²) in [5, 5.41) is 12.3. The number of nitriles is 1. The molecule has 5 nitrogen and oxygen atoms in total. The highest BCUT2D eigenvalue weighted by Crippen LogP contribution is 2.00. The molecule has 0 aliphatic rings. The monoisotopic (exact) mass is 232 g/mol. The Balaban J connectivity index is 2.33. The molecule has 0 unspecified atom stereocenters. The molecule has 0 heterocycles. The third kappa shape index (κ3) is 4.80. The van der Waals surface area contributed by atoms with E-state index >= 15 is 0 Å². The molecule has 0 N–H and O–H groups in total. The van der Waals surface area contributed by atoms with E-state index in [-0.39, 0.29) is 19.0 Å². The standard InChI is InChI=1S/C12H12N2O3/c1-16-12(15)6-7-17-14-9-11-4-2-10(8-13)3-5-11/h2-5,9H,6-7H2,1H3/b14-9+. The van der Waals surface area contributed by atoms with Crippen molar-refractivity contribution < 1.29 is 14.4 Å². The summed E-state index contributed by atoms with van der Waals surface area (Å²) in [6.45, 7) is 0.180. The molecule has 1 aromatic rings. The van der Waals surface area contributed by atoms with Crippen LogP contribution in [-0.2, 0) is 14.4 Å². The van der Waals surface area contributed by atoms with E-state index in [4.69, 9.17) is 10.1 Å². The van der Waals surface area contributed by atoms with Gasteiger partial charge in [0.15, 0.2) is 0 Å². The number of rotatable bonds is 5. The molecule has 0 bridgehead atoms. The number of oxime groups is 1. The van der Waals surface area contributed by atoms with Crippen molar-refractivity contribution in [1.29, 1.82) is 5.26 Å². The third-order valence-corrected chi connectivity index (χ3v) is 1.94. The van der Waals surface area contributed by atoms with Gasteiger partial charge < -0.3 is 9.57 Å². The highest BCUT2D eigenvalue weighted by Gasteiger charge is 1.98.